The molecule has 1 aliphatic carbocycles. The second-order valence-electron chi connectivity index (χ2n) is 10.3. The second kappa shape index (κ2) is 13.5. The highest BCUT2D eigenvalue weighted by Crippen LogP contribution is 2.27. The molecule has 0 aliphatic heterocycles. The molecule has 0 saturated heterocycles. The molecule has 1 fully saturated rings. The van der Waals surface area contributed by atoms with Crippen molar-refractivity contribution in [3.05, 3.63) is 101 Å². The largest absolute Gasteiger partial charge is 0.483 e. The Kier molecular flexibility index (Phi) is 9.83. The van der Waals surface area contributed by atoms with Crippen LogP contribution in [0.25, 0.3) is 0 Å². The molecule has 0 unspecified atom stereocenters. The molecular weight excluding hydrogens is 496 g/mol. The Bertz CT molecular complexity index is 1210. The lowest BCUT2D eigenvalue weighted by atomic mass is 10.0. The maximum atomic E-state index is 13.9. The Labute approximate surface area is 231 Å². The van der Waals surface area contributed by atoms with Crippen molar-refractivity contribution in [2.75, 3.05) is 6.61 Å². The number of nitrogens with one attached hydrogen (secondary N) is 1. The van der Waals surface area contributed by atoms with Gasteiger partial charge in [-0.2, -0.15) is 0 Å². The number of halogens is 1. The molecule has 3 aromatic rings. The van der Waals surface area contributed by atoms with Crippen molar-refractivity contribution in [3.8, 4) is 5.75 Å². The monoisotopic (exact) mass is 532 g/mol. The number of ether oxygens (including phenoxy) is 1. The van der Waals surface area contributed by atoms with Gasteiger partial charge in [0.15, 0.2) is 6.61 Å². The highest BCUT2D eigenvalue weighted by atomic mass is 35.5. The van der Waals surface area contributed by atoms with Gasteiger partial charge in [-0.05, 0) is 47.6 Å². The van der Waals surface area contributed by atoms with Crippen molar-refractivity contribution in [2.45, 2.75) is 70.5 Å². The fourth-order valence-electron chi connectivity index (χ4n) is 5.04. The average molecular weight is 533 g/mol. The number of nitrogens with zero attached hydrogens (tertiary/aromatic N) is 1. The van der Waals surface area contributed by atoms with Crippen LogP contribution in [0.15, 0.2) is 78.9 Å². The van der Waals surface area contributed by atoms with Crippen molar-refractivity contribution in [3.63, 3.8) is 0 Å². The standard InChI is InChI=1S/C32H37ClN2O3/c1-23(2)27-17-9-11-19-30(27)38-22-31(36)35(21-25-14-6-10-18-28(25)33)29(20-24-12-4-3-5-13-24)32(37)34-26-15-7-8-16-26/h3-6,9-14,17-19,23,26,29H,7-8,15-16,20-22H2,1-2H3,(H,34,37)/t29-/m1/s1. The summed E-state index contributed by atoms with van der Waals surface area (Å²) in [6, 6.07) is 24.5. The highest BCUT2D eigenvalue weighted by molar-refractivity contribution is 6.31. The molecule has 38 heavy (non-hydrogen) atoms. The van der Waals surface area contributed by atoms with E-state index in [1.165, 1.54) is 0 Å². The number of benzene rings is 3. The number of hydrogen-bond donors (Lipinski definition) is 1. The molecule has 200 valence electrons. The summed E-state index contributed by atoms with van der Waals surface area (Å²) in [6.45, 7) is 4.23. The third-order valence-electron chi connectivity index (χ3n) is 7.16. The van der Waals surface area contributed by atoms with Crippen LogP contribution in [0, 0.1) is 0 Å². The van der Waals surface area contributed by atoms with Gasteiger partial charge in [0.1, 0.15) is 11.8 Å². The topological polar surface area (TPSA) is 58.6 Å². The fraction of sp³-hybridized carbons (Fsp3) is 0.375. The van der Waals surface area contributed by atoms with E-state index in [4.69, 9.17) is 16.3 Å². The number of hydrogen-bond acceptors (Lipinski definition) is 3. The molecule has 1 atom stereocenters. The summed E-state index contributed by atoms with van der Waals surface area (Å²) in [4.78, 5) is 29.3. The maximum Gasteiger partial charge on any atom is 0.261 e. The molecule has 3 aromatic carbocycles. The lowest BCUT2D eigenvalue weighted by Gasteiger charge is -2.32. The van der Waals surface area contributed by atoms with Gasteiger partial charge in [0.25, 0.3) is 5.91 Å². The summed E-state index contributed by atoms with van der Waals surface area (Å²) in [7, 11) is 0. The van der Waals surface area contributed by atoms with Crippen LogP contribution in [0.4, 0.5) is 0 Å². The van der Waals surface area contributed by atoms with E-state index < -0.39 is 6.04 Å². The van der Waals surface area contributed by atoms with E-state index >= 15 is 0 Å². The Morgan fingerprint density at radius 1 is 0.947 bits per heavy atom. The first-order chi connectivity index (χ1) is 18.4. The van der Waals surface area contributed by atoms with E-state index in [0.29, 0.717) is 17.2 Å². The quantitative estimate of drug-likeness (QED) is 0.305. The zero-order chi connectivity index (χ0) is 26.9. The Balaban J connectivity index is 1.63. The normalized spacial score (nSPS) is 14.3. The van der Waals surface area contributed by atoms with E-state index in [-0.39, 0.29) is 36.9 Å². The minimum atomic E-state index is -0.703. The van der Waals surface area contributed by atoms with Crippen molar-refractivity contribution in [1.82, 2.24) is 10.2 Å². The fourth-order valence-corrected chi connectivity index (χ4v) is 5.24. The Morgan fingerprint density at radius 2 is 1.61 bits per heavy atom. The van der Waals surface area contributed by atoms with Crippen LogP contribution in [0.3, 0.4) is 0 Å². The average Bonchev–Trinajstić information content (AvgIpc) is 3.44. The van der Waals surface area contributed by atoms with Crippen LogP contribution >= 0.6 is 11.6 Å². The lowest BCUT2D eigenvalue weighted by Crippen LogP contribution is -2.53. The summed E-state index contributed by atoms with van der Waals surface area (Å²) >= 11 is 6.51. The first-order valence-corrected chi connectivity index (χ1v) is 13.9. The Morgan fingerprint density at radius 3 is 2.32 bits per heavy atom. The molecule has 0 radical (unpaired) electrons. The first kappa shape index (κ1) is 27.7. The molecule has 4 rings (SSSR count). The number of carbonyl (C=O) groups is 2. The second-order valence-corrected chi connectivity index (χ2v) is 10.7. The minimum Gasteiger partial charge on any atom is -0.483 e. The highest BCUT2D eigenvalue weighted by Gasteiger charge is 2.32. The van der Waals surface area contributed by atoms with Gasteiger partial charge < -0.3 is 15.0 Å². The summed E-state index contributed by atoms with van der Waals surface area (Å²) in [5.74, 6) is 0.543. The molecule has 1 N–H and O–H groups in total. The van der Waals surface area contributed by atoms with Gasteiger partial charge in [-0.1, -0.05) is 105 Å². The molecule has 0 heterocycles. The van der Waals surface area contributed by atoms with E-state index in [1.807, 2.05) is 72.8 Å². The van der Waals surface area contributed by atoms with Crippen molar-refractivity contribution < 1.29 is 14.3 Å². The van der Waals surface area contributed by atoms with E-state index in [1.54, 1.807) is 11.0 Å². The number of para-hydroxylation sites is 1. The van der Waals surface area contributed by atoms with Gasteiger partial charge in [0.2, 0.25) is 5.91 Å². The molecule has 0 aromatic heterocycles. The van der Waals surface area contributed by atoms with E-state index in [9.17, 15) is 9.59 Å². The van der Waals surface area contributed by atoms with Crippen LogP contribution in [-0.2, 0) is 22.6 Å². The maximum absolute atomic E-state index is 13.9. The summed E-state index contributed by atoms with van der Waals surface area (Å²) in [5.41, 5.74) is 2.82. The third kappa shape index (κ3) is 7.38. The number of amides is 2. The SMILES string of the molecule is CC(C)c1ccccc1OCC(=O)N(Cc1ccccc1Cl)[C@H](Cc1ccccc1)C(=O)NC1CCCC1. The lowest BCUT2D eigenvalue weighted by molar-refractivity contribution is -0.143. The molecule has 0 bridgehead atoms. The van der Waals surface area contributed by atoms with Crippen LogP contribution in [-0.4, -0.2) is 35.4 Å². The van der Waals surface area contributed by atoms with Gasteiger partial charge in [0, 0.05) is 24.0 Å². The summed E-state index contributed by atoms with van der Waals surface area (Å²) in [6.07, 6.45) is 4.56. The molecule has 1 saturated carbocycles. The zero-order valence-electron chi connectivity index (χ0n) is 22.2. The van der Waals surface area contributed by atoms with Crippen LogP contribution in [0.1, 0.15) is 62.1 Å². The van der Waals surface area contributed by atoms with E-state index in [0.717, 1.165) is 42.4 Å². The predicted molar refractivity (Wildman–Crippen MR) is 152 cm³/mol. The number of carbonyl (C=O) groups excluding carboxylic acids is 2. The van der Waals surface area contributed by atoms with Crippen LogP contribution in [0.2, 0.25) is 5.02 Å². The van der Waals surface area contributed by atoms with Crippen molar-refractivity contribution in [1.29, 1.82) is 0 Å². The summed E-state index contributed by atoms with van der Waals surface area (Å²) < 4.78 is 6.07. The van der Waals surface area contributed by atoms with Crippen molar-refractivity contribution in [2.24, 2.45) is 0 Å². The zero-order valence-corrected chi connectivity index (χ0v) is 23.0. The minimum absolute atomic E-state index is 0.135. The van der Waals surface area contributed by atoms with Gasteiger partial charge in [-0.3, -0.25) is 9.59 Å². The number of rotatable bonds is 11. The predicted octanol–water partition coefficient (Wildman–Crippen LogP) is 6.54. The summed E-state index contributed by atoms with van der Waals surface area (Å²) in [5, 5.41) is 3.79. The Hall–Kier alpha value is -3.31. The molecule has 2 amide bonds. The molecular formula is C32H37ClN2O3. The molecule has 0 spiro atoms. The van der Waals surface area contributed by atoms with Crippen molar-refractivity contribution >= 4 is 23.4 Å². The van der Waals surface area contributed by atoms with Gasteiger partial charge in [0.05, 0.1) is 0 Å². The molecule has 5 nitrogen and oxygen atoms in total. The smallest absolute Gasteiger partial charge is 0.261 e. The van der Waals surface area contributed by atoms with Gasteiger partial charge in [-0.25, -0.2) is 0 Å². The first-order valence-electron chi connectivity index (χ1n) is 13.5. The van der Waals surface area contributed by atoms with Crippen LogP contribution in [0.5, 0.6) is 5.75 Å². The third-order valence-corrected chi connectivity index (χ3v) is 7.53. The van der Waals surface area contributed by atoms with Gasteiger partial charge >= 0.3 is 0 Å². The molecule has 1 aliphatic rings. The van der Waals surface area contributed by atoms with Crippen LogP contribution < -0.4 is 10.1 Å². The van der Waals surface area contributed by atoms with E-state index in [2.05, 4.69) is 19.2 Å². The molecule has 6 heteroatoms. The van der Waals surface area contributed by atoms with Gasteiger partial charge in [-0.15, -0.1) is 0 Å².